The van der Waals surface area contributed by atoms with Crippen molar-refractivity contribution >= 4 is 28.4 Å². The Morgan fingerprint density at radius 3 is 2.79 bits per heavy atom. The molecule has 0 bridgehead atoms. The van der Waals surface area contributed by atoms with Crippen molar-refractivity contribution in [2.24, 2.45) is 0 Å². The number of aromatic nitrogens is 2. The van der Waals surface area contributed by atoms with Crippen molar-refractivity contribution in [1.82, 2.24) is 9.97 Å². The third-order valence-corrected chi connectivity index (χ3v) is 3.75. The average Bonchev–Trinajstić information content (AvgIpc) is 2.96. The van der Waals surface area contributed by atoms with Gasteiger partial charge in [0.1, 0.15) is 11.9 Å². The van der Waals surface area contributed by atoms with Crippen molar-refractivity contribution in [3.63, 3.8) is 0 Å². The summed E-state index contributed by atoms with van der Waals surface area (Å²) in [6.07, 6.45) is 1.59. The molecule has 6 nitrogen and oxygen atoms in total. The van der Waals surface area contributed by atoms with E-state index in [1.807, 2.05) is 25.1 Å². The van der Waals surface area contributed by atoms with Crippen molar-refractivity contribution in [2.45, 2.75) is 13.8 Å². The first-order valence-electron chi connectivity index (χ1n) is 7.31. The molecule has 0 saturated carbocycles. The summed E-state index contributed by atoms with van der Waals surface area (Å²) in [5.74, 6) is 0.446. The maximum absolute atomic E-state index is 11.0. The highest BCUT2D eigenvalue weighted by atomic mass is 16.6. The van der Waals surface area contributed by atoms with Gasteiger partial charge in [-0.05, 0) is 43.2 Å². The van der Waals surface area contributed by atoms with Crippen LogP contribution in [0, 0.1) is 35.3 Å². The van der Waals surface area contributed by atoms with E-state index >= 15 is 0 Å². The quantitative estimate of drug-likeness (QED) is 0.445. The van der Waals surface area contributed by atoms with Crippen LogP contribution < -0.4 is 0 Å². The standard InChI is InChI=1S/C18H14N4O2/c1-11-3-6-15-16(7-11)21-18(20-15)14(10-19)8-13-5-4-12(2)17(9-13)22(23)24/h3-9H,1-2H3,(H,20,21). The van der Waals surface area contributed by atoms with Crippen LogP contribution >= 0.6 is 0 Å². The first-order chi connectivity index (χ1) is 11.5. The minimum Gasteiger partial charge on any atom is -0.337 e. The topological polar surface area (TPSA) is 95.6 Å². The predicted octanol–water partition coefficient (Wildman–Crippen LogP) is 4.15. The molecule has 6 heteroatoms. The normalized spacial score (nSPS) is 11.5. The fraction of sp³-hybridized carbons (Fsp3) is 0.111. The van der Waals surface area contributed by atoms with Gasteiger partial charge in [0.05, 0.1) is 21.5 Å². The number of nitro groups is 1. The summed E-state index contributed by atoms with van der Waals surface area (Å²) in [5.41, 5.74) is 4.22. The van der Waals surface area contributed by atoms with Crippen LogP contribution in [0.1, 0.15) is 22.5 Å². The van der Waals surface area contributed by atoms with Gasteiger partial charge in [-0.15, -0.1) is 0 Å². The number of fused-ring (bicyclic) bond motifs is 1. The number of aryl methyl sites for hydroxylation is 2. The maximum Gasteiger partial charge on any atom is 0.272 e. The molecule has 0 fully saturated rings. The number of nitro benzene ring substituents is 1. The first kappa shape index (κ1) is 15.4. The Balaban J connectivity index is 2.07. The molecule has 1 N–H and O–H groups in total. The molecule has 0 amide bonds. The van der Waals surface area contributed by atoms with Gasteiger partial charge in [-0.2, -0.15) is 5.26 Å². The van der Waals surface area contributed by atoms with Crippen molar-refractivity contribution < 1.29 is 4.92 Å². The summed E-state index contributed by atoms with van der Waals surface area (Å²) in [6, 6.07) is 12.8. The van der Waals surface area contributed by atoms with E-state index in [4.69, 9.17) is 0 Å². The lowest BCUT2D eigenvalue weighted by atomic mass is 10.1. The smallest absolute Gasteiger partial charge is 0.272 e. The van der Waals surface area contributed by atoms with Gasteiger partial charge in [-0.25, -0.2) is 4.98 Å². The number of hydrogen-bond donors (Lipinski definition) is 1. The van der Waals surface area contributed by atoms with E-state index in [1.165, 1.54) is 6.07 Å². The summed E-state index contributed by atoms with van der Waals surface area (Å²) >= 11 is 0. The fourth-order valence-electron chi connectivity index (χ4n) is 2.48. The highest BCUT2D eigenvalue weighted by molar-refractivity contribution is 5.90. The van der Waals surface area contributed by atoms with Crippen LogP contribution in [0.5, 0.6) is 0 Å². The second kappa shape index (κ2) is 5.97. The van der Waals surface area contributed by atoms with Gasteiger partial charge in [-0.1, -0.05) is 18.2 Å². The molecule has 1 aromatic heterocycles. The van der Waals surface area contributed by atoms with Gasteiger partial charge in [0.15, 0.2) is 0 Å². The molecule has 2 aromatic carbocycles. The molecule has 0 aliphatic carbocycles. The molecule has 24 heavy (non-hydrogen) atoms. The molecule has 0 saturated heterocycles. The van der Waals surface area contributed by atoms with Gasteiger partial charge in [0.2, 0.25) is 0 Å². The third-order valence-electron chi connectivity index (χ3n) is 3.75. The summed E-state index contributed by atoms with van der Waals surface area (Å²) in [6.45, 7) is 3.66. The lowest BCUT2D eigenvalue weighted by Crippen LogP contribution is -1.92. The Morgan fingerprint density at radius 1 is 1.29 bits per heavy atom. The minimum absolute atomic E-state index is 0.0290. The van der Waals surface area contributed by atoms with Gasteiger partial charge < -0.3 is 4.98 Å². The van der Waals surface area contributed by atoms with E-state index in [0.717, 1.165) is 16.6 Å². The summed E-state index contributed by atoms with van der Waals surface area (Å²) < 4.78 is 0. The average molecular weight is 318 g/mol. The molecule has 1 heterocycles. The van der Waals surface area contributed by atoms with E-state index < -0.39 is 4.92 Å². The number of aromatic amines is 1. The molecular weight excluding hydrogens is 304 g/mol. The highest BCUT2D eigenvalue weighted by Gasteiger charge is 2.12. The van der Waals surface area contributed by atoms with Crippen LogP contribution in [0.25, 0.3) is 22.7 Å². The van der Waals surface area contributed by atoms with E-state index in [9.17, 15) is 15.4 Å². The monoisotopic (exact) mass is 318 g/mol. The SMILES string of the molecule is Cc1ccc2nc(C(C#N)=Cc3ccc(C)c([N+](=O)[O-])c3)[nH]c2c1. The molecule has 0 radical (unpaired) electrons. The Bertz CT molecular complexity index is 1030. The fourth-order valence-corrected chi connectivity index (χ4v) is 2.48. The van der Waals surface area contributed by atoms with Crippen LogP contribution in [0.2, 0.25) is 0 Å². The lowest BCUT2D eigenvalue weighted by Gasteiger charge is -1.99. The number of nitrogens with zero attached hydrogens (tertiary/aromatic N) is 3. The number of hydrogen-bond acceptors (Lipinski definition) is 4. The van der Waals surface area contributed by atoms with E-state index in [1.54, 1.807) is 25.1 Å². The number of rotatable bonds is 3. The zero-order valence-corrected chi connectivity index (χ0v) is 13.2. The van der Waals surface area contributed by atoms with E-state index in [-0.39, 0.29) is 5.69 Å². The summed E-state index contributed by atoms with van der Waals surface area (Å²) in [4.78, 5) is 18.2. The largest absolute Gasteiger partial charge is 0.337 e. The minimum atomic E-state index is -0.428. The zero-order chi connectivity index (χ0) is 17.3. The molecule has 3 aromatic rings. The van der Waals surface area contributed by atoms with Gasteiger partial charge in [0.25, 0.3) is 5.69 Å². The molecule has 0 unspecified atom stereocenters. The second-order valence-electron chi connectivity index (χ2n) is 5.58. The predicted molar refractivity (Wildman–Crippen MR) is 92.1 cm³/mol. The van der Waals surface area contributed by atoms with Crippen molar-refractivity contribution in [2.75, 3.05) is 0 Å². The Morgan fingerprint density at radius 2 is 2.08 bits per heavy atom. The molecule has 0 aliphatic heterocycles. The third kappa shape index (κ3) is 2.88. The van der Waals surface area contributed by atoms with E-state index in [0.29, 0.717) is 22.5 Å². The van der Waals surface area contributed by atoms with Gasteiger partial charge in [-0.3, -0.25) is 10.1 Å². The van der Waals surface area contributed by atoms with Crippen LogP contribution in [0.3, 0.4) is 0 Å². The van der Waals surface area contributed by atoms with Gasteiger partial charge in [0, 0.05) is 11.6 Å². The Hall–Kier alpha value is -3.46. The van der Waals surface area contributed by atoms with Crippen LogP contribution in [-0.2, 0) is 0 Å². The number of benzene rings is 2. The van der Waals surface area contributed by atoms with Crippen LogP contribution in [0.15, 0.2) is 36.4 Å². The zero-order valence-electron chi connectivity index (χ0n) is 13.2. The number of nitriles is 1. The molecule has 118 valence electrons. The maximum atomic E-state index is 11.0. The van der Waals surface area contributed by atoms with Crippen LogP contribution in [-0.4, -0.2) is 14.9 Å². The van der Waals surface area contributed by atoms with Crippen molar-refractivity contribution in [3.05, 3.63) is 69.0 Å². The second-order valence-corrected chi connectivity index (χ2v) is 5.58. The highest BCUT2D eigenvalue weighted by Crippen LogP contribution is 2.24. The van der Waals surface area contributed by atoms with Crippen LogP contribution in [0.4, 0.5) is 5.69 Å². The number of imidazole rings is 1. The molecule has 0 aliphatic rings. The van der Waals surface area contributed by atoms with Crippen molar-refractivity contribution in [1.29, 1.82) is 5.26 Å². The van der Waals surface area contributed by atoms with Crippen molar-refractivity contribution in [3.8, 4) is 6.07 Å². The summed E-state index contributed by atoms with van der Waals surface area (Å²) in [5, 5.41) is 20.5. The number of H-pyrrole nitrogens is 1. The Kier molecular flexibility index (Phi) is 3.84. The van der Waals surface area contributed by atoms with Gasteiger partial charge >= 0.3 is 0 Å². The molecule has 0 spiro atoms. The molecular formula is C18H14N4O2. The Labute approximate surface area is 138 Å². The number of nitrogens with one attached hydrogen (secondary N) is 1. The summed E-state index contributed by atoms with van der Waals surface area (Å²) in [7, 11) is 0. The number of allylic oxidation sites excluding steroid dienone is 1. The lowest BCUT2D eigenvalue weighted by molar-refractivity contribution is -0.385. The molecule has 0 atom stereocenters. The van der Waals surface area contributed by atoms with E-state index in [2.05, 4.69) is 16.0 Å². The molecule has 3 rings (SSSR count). The first-order valence-corrected chi connectivity index (χ1v) is 7.31.